The van der Waals surface area contributed by atoms with Crippen LogP contribution in [0.3, 0.4) is 0 Å². The SMILES string of the molecule is C.CC(C)(C)C.CC(C)(C)C.CC(C)=O.COC.CS(C)(=O)=O. The fourth-order valence-electron chi connectivity index (χ4n) is 0. The molecule has 0 unspecified atom stereocenters. The summed E-state index contributed by atoms with van der Waals surface area (Å²) in [5, 5.41) is 0. The van der Waals surface area contributed by atoms with E-state index in [1.165, 1.54) is 13.8 Å². The molecule has 0 atom stereocenters. The minimum Gasteiger partial charge on any atom is -0.388 e. The quantitative estimate of drug-likeness (QED) is 0.592. The lowest BCUT2D eigenvalue weighted by molar-refractivity contribution is -0.114. The molecule has 0 N–H and O–H groups in total. The summed E-state index contributed by atoms with van der Waals surface area (Å²) >= 11 is 0. The summed E-state index contributed by atoms with van der Waals surface area (Å²) in [5.41, 5.74) is 1.00. The van der Waals surface area contributed by atoms with Crippen molar-refractivity contribution in [3.8, 4) is 0 Å². The molecule has 0 bridgehead atoms. The van der Waals surface area contributed by atoms with Gasteiger partial charge in [0.15, 0.2) is 0 Å². The fourth-order valence-corrected chi connectivity index (χ4v) is 0. The molecule has 0 aliphatic rings. The summed E-state index contributed by atoms with van der Waals surface area (Å²) in [5.74, 6) is 0.167. The molecule has 0 aromatic rings. The second-order valence-corrected chi connectivity index (χ2v) is 10.7. The molecule has 148 valence electrons. The molecule has 0 amide bonds. The zero-order chi connectivity index (χ0) is 19.8. The maximum atomic E-state index is 9.63. The Labute approximate surface area is 148 Å². The van der Waals surface area contributed by atoms with Crippen molar-refractivity contribution in [3.63, 3.8) is 0 Å². The average Bonchev–Trinajstić information content (AvgIpc) is 1.89. The highest BCUT2D eigenvalue weighted by atomic mass is 32.2. The van der Waals surface area contributed by atoms with E-state index in [1.54, 1.807) is 14.2 Å². The van der Waals surface area contributed by atoms with Crippen LogP contribution in [0.1, 0.15) is 76.7 Å². The molecule has 0 saturated heterocycles. The number of carbonyl (C=O) groups excluding carboxylic acids is 1. The van der Waals surface area contributed by atoms with Crippen molar-refractivity contribution >= 4 is 15.6 Å². The lowest BCUT2D eigenvalue weighted by Gasteiger charge is -2.05. The van der Waals surface area contributed by atoms with Gasteiger partial charge in [-0.15, -0.1) is 0 Å². The summed E-state index contributed by atoms with van der Waals surface area (Å²) in [7, 11) is 0.583. The molecule has 0 aromatic heterocycles. The Morgan fingerprint density at radius 3 is 0.739 bits per heavy atom. The number of methoxy groups -OCH3 is 1. The van der Waals surface area contributed by atoms with E-state index in [0.717, 1.165) is 12.5 Å². The number of carbonyl (C=O) groups is 1. The van der Waals surface area contributed by atoms with E-state index in [4.69, 9.17) is 0 Å². The third kappa shape index (κ3) is 46900. The smallest absolute Gasteiger partial charge is 0.144 e. The molecule has 0 heterocycles. The van der Waals surface area contributed by atoms with E-state index in [0.29, 0.717) is 10.8 Å². The van der Waals surface area contributed by atoms with Crippen LogP contribution in [0.5, 0.6) is 0 Å². The molecule has 0 spiro atoms. The molecule has 0 saturated carbocycles. The molecule has 0 rings (SSSR count). The van der Waals surface area contributed by atoms with Crippen LogP contribution in [-0.4, -0.2) is 40.9 Å². The van der Waals surface area contributed by atoms with E-state index in [9.17, 15) is 13.2 Å². The van der Waals surface area contributed by atoms with Gasteiger partial charge in [0.25, 0.3) is 0 Å². The van der Waals surface area contributed by atoms with E-state index in [1.807, 2.05) is 0 Å². The average molecular weight is 359 g/mol. The number of ketones is 1. The van der Waals surface area contributed by atoms with Crippen LogP contribution in [0, 0.1) is 10.8 Å². The van der Waals surface area contributed by atoms with Crippen molar-refractivity contribution in [1.82, 2.24) is 0 Å². The van der Waals surface area contributed by atoms with Crippen LogP contribution in [0.25, 0.3) is 0 Å². The second kappa shape index (κ2) is 19.6. The van der Waals surface area contributed by atoms with E-state index >= 15 is 0 Å². The van der Waals surface area contributed by atoms with Gasteiger partial charge >= 0.3 is 0 Å². The highest BCUT2D eigenvalue weighted by molar-refractivity contribution is 7.89. The molecular formula is C18H46O4S. The highest BCUT2D eigenvalue weighted by Gasteiger charge is 1.96. The lowest BCUT2D eigenvalue weighted by atomic mass is 10.0. The second-order valence-electron chi connectivity index (χ2n) is 8.46. The molecular weight excluding hydrogens is 312 g/mol. The summed E-state index contributed by atoms with van der Waals surface area (Å²) in [6.07, 6.45) is 2.32. The van der Waals surface area contributed by atoms with Gasteiger partial charge < -0.3 is 9.53 Å². The summed E-state index contributed by atoms with van der Waals surface area (Å²) in [4.78, 5) is 9.44. The van der Waals surface area contributed by atoms with Gasteiger partial charge in [-0.2, -0.15) is 0 Å². The third-order valence-electron chi connectivity index (χ3n) is 0. The number of hydrogen-bond donors (Lipinski definition) is 0. The zero-order valence-electron chi connectivity index (χ0n) is 17.5. The predicted octanol–water partition coefficient (Wildman–Crippen LogP) is 5.26. The van der Waals surface area contributed by atoms with Gasteiger partial charge in [-0.1, -0.05) is 62.8 Å². The first-order chi connectivity index (χ1) is 9.15. The number of Topliss-reactive ketones (excluding diaryl/α,β-unsaturated/α-hetero) is 1. The molecule has 0 aliphatic heterocycles. The highest BCUT2D eigenvalue weighted by Crippen LogP contribution is 2.08. The van der Waals surface area contributed by atoms with Crippen LogP contribution in [0.2, 0.25) is 0 Å². The number of ether oxygens (including phenoxy) is 1. The monoisotopic (exact) mass is 358 g/mol. The normalized spacial score (nSPS) is 9.65. The summed E-state index contributed by atoms with van der Waals surface area (Å²) in [6.45, 7) is 20.6. The maximum absolute atomic E-state index is 9.63. The Bertz CT molecular complexity index is 282. The van der Waals surface area contributed by atoms with Crippen LogP contribution in [-0.2, 0) is 19.4 Å². The largest absolute Gasteiger partial charge is 0.388 e. The third-order valence-corrected chi connectivity index (χ3v) is 0. The van der Waals surface area contributed by atoms with Gasteiger partial charge in [0.05, 0.1) is 0 Å². The van der Waals surface area contributed by atoms with Crippen molar-refractivity contribution in [2.75, 3.05) is 26.7 Å². The lowest BCUT2D eigenvalue weighted by Crippen LogP contribution is -1.93. The van der Waals surface area contributed by atoms with Crippen molar-refractivity contribution in [3.05, 3.63) is 0 Å². The summed E-state index contributed by atoms with van der Waals surface area (Å²) < 4.78 is 23.5. The Morgan fingerprint density at radius 2 is 0.739 bits per heavy atom. The van der Waals surface area contributed by atoms with Crippen molar-refractivity contribution < 1.29 is 17.9 Å². The minimum atomic E-state index is -2.67. The van der Waals surface area contributed by atoms with Crippen LogP contribution >= 0.6 is 0 Å². The Balaban J connectivity index is -0.0000000393. The molecule has 4 nitrogen and oxygen atoms in total. The Kier molecular flexibility index (Phi) is 32.6. The fraction of sp³-hybridized carbons (Fsp3) is 0.944. The van der Waals surface area contributed by atoms with E-state index in [-0.39, 0.29) is 13.2 Å². The van der Waals surface area contributed by atoms with E-state index < -0.39 is 9.84 Å². The Morgan fingerprint density at radius 1 is 0.739 bits per heavy atom. The zero-order valence-corrected chi connectivity index (χ0v) is 18.4. The van der Waals surface area contributed by atoms with Crippen LogP contribution < -0.4 is 0 Å². The van der Waals surface area contributed by atoms with Gasteiger partial charge in [-0.05, 0) is 24.7 Å². The number of sulfone groups is 1. The van der Waals surface area contributed by atoms with Crippen LogP contribution in [0.4, 0.5) is 0 Å². The summed E-state index contributed by atoms with van der Waals surface area (Å²) in [6, 6.07) is 0. The van der Waals surface area contributed by atoms with Gasteiger partial charge in [-0.25, -0.2) is 8.42 Å². The number of hydrogen-bond acceptors (Lipinski definition) is 4. The molecule has 0 aromatic carbocycles. The van der Waals surface area contributed by atoms with Gasteiger partial charge in [0.1, 0.15) is 15.6 Å². The minimum absolute atomic E-state index is 0. The topological polar surface area (TPSA) is 60.4 Å². The molecule has 0 fully saturated rings. The number of rotatable bonds is 0. The molecule has 0 radical (unpaired) electrons. The van der Waals surface area contributed by atoms with E-state index in [2.05, 4.69) is 60.1 Å². The molecule has 23 heavy (non-hydrogen) atoms. The van der Waals surface area contributed by atoms with Gasteiger partial charge in [0.2, 0.25) is 0 Å². The van der Waals surface area contributed by atoms with Crippen molar-refractivity contribution in [2.24, 2.45) is 10.8 Å². The first-order valence-electron chi connectivity index (χ1n) is 7.17. The Hall–Kier alpha value is -0.420. The standard InChI is InChI=1S/2C5H12.C3H6O.C2H6O2S.C2H6O.CH4/c2*1-5(2,3)4;1-3(2)4;1-5(2,3)4;1-3-2;/h2*1-4H3;1-2H3;1-2H3;1-2H3;1H4. The molecule has 0 aliphatic carbocycles. The van der Waals surface area contributed by atoms with Crippen molar-refractivity contribution in [1.29, 1.82) is 0 Å². The van der Waals surface area contributed by atoms with Crippen LogP contribution in [0.15, 0.2) is 0 Å². The van der Waals surface area contributed by atoms with Crippen molar-refractivity contribution in [2.45, 2.75) is 76.7 Å². The first kappa shape index (κ1) is 38.3. The van der Waals surface area contributed by atoms with Gasteiger partial charge in [-0.3, -0.25) is 0 Å². The predicted molar refractivity (Wildman–Crippen MR) is 107 cm³/mol. The maximum Gasteiger partial charge on any atom is 0.144 e. The van der Waals surface area contributed by atoms with Gasteiger partial charge in [0, 0.05) is 26.7 Å². The first-order valence-corrected chi connectivity index (χ1v) is 9.47. The molecule has 5 heteroatoms.